The first-order chi connectivity index (χ1) is 10.3. The Balaban J connectivity index is 3.03. The lowest BCUT2D eigenvalue weighted by molar-refractivity contribution is 0.0631. The van der Waals surface area contributed by atoms with Crippen LogP contribution in [0.15, 0.2) is 4.52 Å². The highest BCUT2D eigenvalue weighted by atomic mass is 16.5. The summed E-state index contributed by atoms with van der Waals surface area (Å²) < 4.78 is 5.26. The van der Waals surface area contributed by atoms with Gasteiger partial charge in [0.2, 0.25) is 0 Å². The summed E-state index contributed by atoms with van der Waals surface area (Å²) in [5, 5.41) is 7.18. The van der Waals surface area contributed by atoms with Gasteiger partial charge in [0.05, 0.1) is 0 Å². The largest absolute Gasteiger partial charge is 0.360 e. The van der Waals surface area contributed by atoms with Crippen LogP contribution in [-0.4, -0.2) is 16.6 Å². The van der Waals surface area contributed by atoms with Crippen LogP contribution in [0.2, 0.25) is 0 Å². The molecule has 0 aliphatic carbocycles. The van der Waals surface area contributed by atoms with Crippen LogP contribution in [0.4, 0.5) is 0 Å². The number of carbonyl (C=O) groups excluding carboxylic acids is 1. The topological polar surface area (TPSA) is 55.1 Å². The molecular weight excluding hydrogens is 276 g/mol. The molecule has 1 heterocycles. The molecule has 0 aliphatic heterocycles. The zero-order chi connectivity index (χ0) is 17.0. The summed E-state index contributed by atoms with van der Waals surface area (Å²) >= 11 is 0. The molecule has 0 atom stereocenters. The van der Waals surface area contributed by atoms with Crippen LogP contribution in [0.1, 0.15) is 89.0 Å². The van der Waals surface area contributed by atoms with Crippen LogP contribution in [0.25, 0.3) is 0 Å². The Morgan fingerprint density at radius 2 is 1.77 bits per heavy atom. The van der Waals surface area contributed by atoms with E-state index >= 15 is 0 Å². The van der Waals surface area contributed by atoms with E-state index < -0.39 is 0 Å². The zero-order valence-electron chi connectivity index (χ0n) is 15.3. The average Bonchev–Trinajstić information content (AvgIpc) is 2.85. The fourth-order valence-corrected chi connectivity index (χ4v) is 3.67. The van der Waals surface area contributed by atoms with Crippen molar-refractivity contribution in [3.8, 4) is 0 Å². The Kier molecular flexibility index (Phi) is 6.21. The molecule has 4 nitrogen and oxygen atoms in total. The van der Waals surface area contributed by atoms with Gasteiger partial charge in [0, 0.05) is 17.5 Å². The van der Waals surface area contributed by atoms with Crippen LogP contribution in [0.3, 0.4) is 0 Å². The number of nitrogens with zero attached hydrogens (tertiary/aromatic N) is 1. The summed E-state index contributed by atoms with van der Waals surface area (Å²) in [4.78, 5) is 12.7. The van der Waals surface area contributed by atoms with Gasteiger partial charge < -0.3 is 9.84 Å². The molecule has 0 saturated carbocycles. The number of carbonyl (C=O) groups is 1. The summed E-state index contributed by atoms with van der Waals surface area (Å²) in [6.45, 7) is 14.8. The van der Waals surface area contributed by atoms with E-state index in [9.17, 15) is 4.79 Å². The molecule has 0 unspecified atom stereocenters. The molecular formula is C18H32N2O2. The molecule has 0 bridgehead atoms. The molecule has 1 aromatic heterocycles. The van der Waals surface area contributed by atoms with Crippen molar-refractivity contribution < 1.29 is 9.32 Å². The number of rotatable bonds is 8. The molecule has 0 radical (unpaired) electrons. The van der Waals surface area contributed by atoms with Crippen LogP contribution in [-0.2, 0) is 6.42 Å². The van der Waals surface area contributed by atoms with E-state index in [0.717, 1.165) is 43.4 Å². The third kappa shape index (κ3) is 3.36. The molecule has 0 saturated heterocycles. The lowest BCUT2D eigenvalue weighted by atomic mass is 9.65. The van der Waals surface area contributed by atoms with E-state index in [2.05, 4.69) is 45.1 Å². The number of nitrogens with one attached hydrogen (secondary N) is 1. The maximum atomic E-state index is 12.7. The second-order valence-electron chi connectivity index (χ2n) is 6.75. The maximum absolute atomic E-state index is 12.7. The van der Waals surface area contributed by atoms with Crippen molar-refractivity contribution in [1.82, 2.24) is 10.5 Å². The Bertz CT molecular complexity index is 499. The molecule has 1 N–H and O–H groups in total. The number of amides is 1. The van der Waals surface area contributed by atoms with Gasteiger partial charge in [0.1, 0.15) is 5.76 Å². The van der Waals surface area contributed by atoms with Crippen molar-refractivity contribution in [3.63, 3.8) is 0 Å². The minimum atomic E-state index is -0.290. The second-order valence-corrected chi connectivity index (χ2v) is 6.75. The Hall–Kier alpha value is -1.32. The van der Waals surface area contributed by atoms with Crippen LogP contribution in [0.5, 0.6) is 0 Å². The number of hydrogen-bond acceptors (Lipinski definition) is 3. The van der Waals surface area contributed by atoms with Gasteiger partial charge >= 0.3 is 0 Å². The Morgan fingerprint density at radius 1 is 1.18 bits per heavy atom. The molecule has 126 valence electrons. The van der Waals surface area contributed by atoms with Gasteiger partial charge in [-0.3, -0.25) is 4.79 Å². The summed E-state index contributed by atoms with van der Waals surface area (Å²) in [5.74, 6) is 0.655. The fraction of sp³-hybridized carbons (Fsp3) is 0.778. The molecule has 1 amide bonds. The van der Waals surface area contributed by atoms with Gasteiger partial charge in [0.25, 0.3) is 5.91 Å². The van der Waals surface area contributed by atoms with Crippen molar-refractivity contribution in [2.45, 2.75) is 86.1 Å². The smallest absolute Gasteiger partial charge is 0.274 e. The summed E-state index contributed by atoms with van der Waals surface area (Å²) in [6, 6.07) is 0. The van der Waals surface area contributed by atoms with Crippen LogP contribution < -0.4 is 5.32 Å². The Labute approximate surface area is 135 Å². The van der Waals surface area contributed by atoms with Crippen molar-refractivity contribution in [2.75, 3.05) is 0 Å². The van der Waals surface area contributed by atoms with Gasteiger partial charge in [-0.2, -0.15) is 0 Å². The van der Waals surface area contributed by atoms with Gasteiger partial charge in [-0.05, 0) is 45.4 Å². The monoisotopic (exact) mass is 308 g/mol. The summed E-state index contributed by atoms with van der Waals surface area (Å²) in [6.07, 6.45) is 5.06. The molecule has 22 heavy (non-hydrogen) atoms. The van der Waals surface area contributed by atoms with Gasteiger partial charge in [-0.25, -0.2) is 0 Å². The van der Waals surface area contributed by atoms with E-state index in [1.54, 1.807) is 0 Å². The lowest BCUT2D eigenvalue weighted by Crippen LogP contribution is -2.56. The van der Waals surface area contributed by atoms with Crippen LogP contribution in [0, 0.1) is 12.3 Å². The zero-order valence-corrected chi connectivity index (χ0v) is 15.3. The van der Waals surface area contributed by atoms with Gasteiger partial charge in [-0.1, -0.05) is 39.3 Å². The Morgan fingerprint density at radius 3 is 2.18 bits per heavy atom. The average molecular weight is 308 g/mol. The first kappa shape index (κ1) is 18.7. The quantitative estimate of drug-likeness (QED) is 0.760. The highest BCUT2D eigenvalue weighted by molar-refractivity contribution is 5.94. The molecule has 0 spiro atoms. The van der Waals surface area contributed by atoms with E-state index in [1.165, 1.54) is 0 Å². The van der Waals surface area contributed by atoms with Crippen LogP contribution >= 0.6 is 0 Å². The predicted octanol–water partition coefficient (Wildman–Crippen LogP) is 4.66. The van der Waals surface area contributed by atoms with E-state index in [0.29, 0.717) is 5.69 Å². The molecule has 4 heteroatoms. The maximum Gasteiger partial charge on any atom is 0.274 e. The fourth-order valence-electron chi connectivity index (χ4n) is 3.67. The molecule has 1 rings (SSSR count). The van der Waals surface area contributed by atoms with E-state index in [-0.39, 0.29) is 16.9 Å². The first-order valence-corrected chi connectivity index (χ1v) is 8.56. The van der Waals surface area contributed by atoms with Crippen molar-refractivity contribution in [1.29, 1.82) is 0 Å². The minimum Gasteiger partial charge on any atom is -0.360 e. The van der Waals surface area contributed by atoms with Crippen molar-refractivity contribution in [3.05, 3.63) is 17.0 Å². The lowest BCUT2D eigenvalue weighted by Gasteiger charge is -2.46. The van der Waals surface area contributed by atoms with Crippen molar-refractivity contribution in [2.24, 2.45) is 5.41 Å². The highest BCUT2D eigenvalue weighted by Gasteiger charge is 2.43. The summed E-state index contributed by atoms with van der Waals surface area (Å²) in [7, 11) is 0. The third-order valence-corrected chi connectivity index (χ3v) is 5.39. The van der Waals surface area contributed by atoms with Crippen molar-refractivity contribution >= 4 is 5.91 Å². The SMILES string of the molecule is CCCC(CC)(CC)C(C)(C)NC(=O)c1noc(CC)c1C. The molecule has 0 fully saturated rings. The highest BCUT2D eigenvalue weighted by Crippen LogP contribution is 2.42. The predicted molar refractivity (Wildman–Crippen MR) is 90.1 cm³/mol. The normalized spacial score (nSPS) is 12.5. The molecule has 0 aliphatic rings. The number of aryl methyl sites for hydroxylation is 1. The van der Waals surface area contributed by atoms with E-state index in [1.807, 2.05) is 13.8 Å². The van der Waals surface area contributed by atoms with Gasteiger partial charge in [0.15, 0.2) is 5.69 Å². The second kappa shape index (κ2) is 7.30. The number of aromatic nitrogens is 1. The molecule has 1 aromatic rings. The summed E-state index contributed by atoms with van der Waals surface area (Å²) in [5.41, 5.74) is 1.08. The standard InChI is InChI=1S/C18H32N2O2/c1-8-12-18(10-3,11-4)17(6,7)19-16(21)15-13(5)14(9-2)22-20-15/h8-12H2,1-7H3,(H,19,21). The third-order valence-electron chi connectivity index (χ3n) is 5.39. The minimum absolute atomic E-state index is 0.0998. The van der Waals surface area contributed by atoms with E-state index in [4.69, 9.17) is 4.52 Å². The molecule has 0 aromatic carbocycles. The number of hydrogen-bond donors (Lipinski definition) is 1. The first-order valence-electron chi connectivity index (χ1n) is 8.56. The van der Waals surface area contributed by atoms with Gasteiger partial charge in [-0.15, -0.1) is 0 Å².